The molecule has 0 fully saturated rings. The van der Waals surface area contributed by atoms with Crippen LogP contribution in [0.2, 0.25) is 5.02 Å². The average Bonchev–Trinajstić information content (AvgIpc) is 2.62. The summed E-state index contributed by atoms with van der Waals surface area (Å²) < 4.78 is 11.3. The fourth-order valence-electron chi connectivity index (χ4n) is 2.72. The fraction of sp³-hybridized carbons (Fsp3) is 0.316. The Balaban J connectivity index is 1.80. The highest BCUT2D eigenvalue weighted by Gasteiger charge is 2.29. The van der Waals surface area contributed by atoms with E-state index in [-0.39, 0.29) is 12.1 Å². The second kappa shape index (κ2) is 7.66. The van der Waals surface area contributed by atoms with Crippen LogP contribution in [-0.4, -0.2) is 25.3 Å². The van der Waals surface area contributed by atoms with Crippen LogP contribution in [0.5, 0.6) is 11.5 Å². The van der Waals surface area contributed by atoms with E-state index in [1.807, 2.05) is 38.1 Å². The lowest BCUT2D eigenvalue weighted by atomic mass is 10.1. The van der Waals surface area contributed by atoms with Crippen LogP contribution >= 0.6 is 11.6 Å². The summed E-state index contributed by atoms with van der Waals surface area (Å²) in [4.78, 5) is 14.5. The lowest BCUT2D eigenvalue weighted by Crippen LogP contribution is -2.45. The molecule has 1 atom stereocenters. The van der Waals surface area contributed by atoms with Crippen LogP contribution in [0.15, 0.2) is 42.5 Å². The summed E-state index contributed by atoms with van der Waals surface area (Å²) in [6.45, 7) is 5.05. The number of urea groups is 1. The number of halogens is 1. The quantitative estimate of drug-likeness (QED) is 0.839. The molecule has 5 nitrogen and oxygen atoms in total. The number of rotatable bonds is 4. The summed E-state index contributed by atoms with van der Waals surface area (Å²) in [5.74, 6) is 1.44. The predicted octanol–water partition coefficient (Wildman–Crippen LogP) is 4.95. The van der Waals surface area contributed by atoms with Crippen molar-refractivity contribution in [2.45, 2.75) is 26.4 Å². The van der Waals surface area contributed by atoms with Crippen molar-refractivity contribution in [1.82, 2.24) is 0 Å². The normalized spacial score (nSPS) is 16.0. The molecule has 0 saturated heterocycles. The van der Waals surface area contributed by atoms with Crippen molar-refractivity contribution in [3.63, 3.8) is 0 Å². The van der Waals surface area contributed by atoms with E-state index in [1.54, 1.807) is 23.1 Å². The number of hydrogen-bond acceptors (Lipinski definition) is 3. The zero-order chi connectivity index (χ0) is 17.8. The highest BCUT2D eigenvalue weighted by atomic mass is 35.5. The Kier molecular flexibility index (Phi) is 5.34. The van der Waals surface area contributed by atoms with Gasteiger partial charge in [-0.15, -0.1) is 0 Å². The van der Waals surface area contributed by atoms with Crippen LogP contribution in [-0.2, 0) is 0 Å². The van der Waals surface area contributed by atoms with E-state index in [4.69, 9.17) is 21.1 Å². The minimum Gasteiger partial charge on any atom is -0.494 e. The zero-order valence-electron chi connectivity index (χ0n) is 14.3. The molecule has 0 saturated carbocycles. The molecule has 0 aromatic heterocycles. The lowest BCUT2D eigenvalue weighted by Gasteiger charge is -2.34. The summed E-state index contributed by atoms with van der Waals surface area (Å²) in [6.07, 6.45) is 0.772. The smallest absolute Gasteiger partial charge is 0.326 e. The van der Waals surface area contributed by atoms with Gasteiger partial charge >= 0.3 is 6.03 Å². The van der Waals surface area contributed by atoms with Gasteiger partial charge < -0.3 is 14.8 Å². The third-order valence-electron chi connectivity index (χ3n) is 4.01. The topological polar surface area (TPSA) is 50.8 Å². The van der Waals surface area contributed by atoms with Gasteiger partial charge in [-0.2, -0.15) is 0 Å². The molecule has 3 rings (SSSR count). The first-order valence-electron chi connectivity index (χ1n) is 8.38. The standard InChI is InChI=1S/C19H21ClN2O3/c1-3-15-12-22(17-11-13(20)5-10-18(17)25-15)19(23)21-14-6-8-16(9-7-14)24-4-2/h5-11,15H,3-4,12H2,1-2H3,(H,21,23)/t15-/m0/s1. The molecule has 1 aliphatic heterocycles. The van der Waals surface area contributed by atoms with Crippen molar-refractivity contribution in [3.8, 4) is 11.5 Å². The summed E-state index contributed by atoms with van der Waals surface area (Å²) in [6, 6.07) is 12.4. The maximum Gasteiger partial charge on any atom is 0.326 e. The molecule has 1 heterocycles. The highest BCUT2D eigenvalue weighted by molar-refractivity contribution is 6.31. The Morgan fingerprint density at radius 2 is 2.04 bits per heavy atom. The maximum atomic E-state index is 12.8. The first kappa shape index (κ1) is 17.4. The van der Waals surface area contributed by atoms with Gasteiger partial charge in [-0.3, -0.25) is 4.90 Å². The van der Waals surface area contributed by atoms with E-state index < -0.39 is 0 Å². The summed E-state index contributed by atoms with van der Waals surface area (Å²) >= 11 is 6.10. The van der Waals surface area contributed by atoms with E-state index >= 15 is 0 Å². The minimum absolute atomic E-state index is 0.0419. The number of benzene rings is 2. The van der Waals surface area contributed by atoms with Gasteiger partial charge in [0.05, 0.1) is 18.8 Å². The average molecular weight is 361 g/mol. The molecule has 2 aromatic carbocycles. The molecule has 0 unspecified atom stereocenters. The van der Waals surface area contributed by atoms with Crippen molar-refractivity contribution in [3.05, 3.63) is 47.5 Å². The van der Waals surface area contributed by atoms with Gasteiger partial charge in [-0.1, -0.05) is 18.5 Å². The molecular weight excluding hydrogens is 340 g/mol. The lowest BCUT2D eigenvalue weighted by molar-refractivity contribution is 0.188. The Hall–Kier alpha value is -2.40. The number of amides is 2. The zero-order valence-corrected chi connectivity index (χ0v) is 15.0. The van der Waals surface area contributed by atoms with Crippen molar-refractivity contribution >= 4 is 29.0 Å². The number of ether oxygens (including phenoxy) is 2. The van der Waals surface area contributed by atoms with Crippen molar-refractivity contribution in [1.29, 1.82) is 0 Å². The molecule has 0 aliphatic carbocycles. The molecule has 0 bridgehead atoms. The number of nitrogens with zero attached hydrogens (tertiary/aromatic N) is 1. The van der Waals surface area contributed by atoms with Crippen LogP contribution in [0.25, 0.3) is 0 Å². The number of nitrogens with one attached hydrogen (secondary N) is 1. The number of fused-ring (bicyclic) bond motifs is 1. The van der Waals surface area contributed by atoms with Crippen molar-refractivity contribution in [2.75, 3.05) is 23.4 Å². The van der Waals surface area contributed by atoms with Gasteiger partial charge in [0.1, 0.15) is 17.6 Å². The summed E-state index contributed by atoms with van der Waals surface area (Å²) in [7, 11) is 0. The van der Waals surface area contributed by atoms with Crippen molar-refractivity contribution < 1.29 is 14.3 Å². The first-order chi connectivity index (χ1) is 12.1. The Labute approximate surface area is 152 Å². The number of hydrogen-bond donors (Lipinski definition) is 1. The molecule has 2 aromatic rings. The molecule has 1 aliphatic rings. The molecule has 2 amide bonds. The molecule has 25 heavy (non-hydrogen) atoms. The molecule has 0 radical (unpaired) electrons. The maximum absolute atomic E-state index is 12.8. The van der Waals surface area contributed by atoms with Crippen LogP contribution in [0.1, 0.15) is 20.3 Å². The van der Waals surface area contributed by atoms with Gasteiger partial charge in [0, 0.05) is 10.7 Å². The Bertz CT molecular complexity index is 749. The largest absolute Gasteiger partial charge is 0.494 e. The minimum atomic E-state index is -0.213. The number of carbonyl (C=O) groups excluding carboxylic acids is 1. The molecular formula is C19H21ClN2O3. The van der Waals surface area contributed by atoms with Crippen molar-refractivity contribution in [2.24, 2.45) is 0 Å². The second-order valence-electron chi connectivity index (χ2n) is 5.76. The Morgan fingerprint density at radius 3 is 2.72 bits per heavy atom. The second-order valence-corrected chi connectivity index (χ2v) is 6.19. The third kappa shape index (κ3) is 3.99. The van der Waals surface area contributed by atoms with Gasteiger partial charge in [0.2, 0.25) is 0 Å². The van der Waals surface area contributed by atoms with Crippen LogP contribution in [0.4, 0.5) is 16.2 Å². The number of carbonyl (C=O) groups is 1. The molecule has 1 N–H and O–H groups in total. The van der Waals surface area contributed by atoms with Crippen LogP contribution in [0.3, 0.4) is 0 Å². The number of anilines is 2. The summed E-state index contributed by atoms with van der Waals surface area (Å²) in [5.41, 5.74) is 1.39. The molecule has 132 valence electrons. The van der Waals surface area contributed by atoms with Gasteiger partial charge in [-0.25, -0.2) is 4.79 Å². The van der Waals surface area contributed by atoms with Gasteiger partial charge in [0.15, 0.2) is 0 Å². The van der Waals surface area contributed by atoms with Crippen LogP contribution in [0, 0.1) is 0 Å². The molecule has 6 heteroatoms. The molecule has 0 spiro atoms. The Morgan fingerprint density at radius 1 is 1.28 bits per heavy atom. The van der Waals surface area contributed by atoms with E-state index in [0.29, 0.717) is 35.3 Å². The van der Waals surface area contributed by atoms with Gasteiger partial charge in [0.25, 0.3) is 0 Å². The first-order valence-corrected chi connectivity index (χ1v) is 8.76. The third-order valence-corrected chi connectivity index (χ3v) is 4.24. The van der Waals surface area contributed by atoms with E-state index in [2.05, 4.69) is 5.32 Å². The van der Waals surface area contributed by atoms with Crippen LogP contribution < -0.4 is 19.7 Å². The fourth-order valence-corrected chi connectivity index (χ4v) is 2.88. The SMILES string of the molecule is CCOc1ccc(NC(=O)N2C[C@H](CC)Oc3ccc(Cl)cc32)cc1. The van der Waals surface area contributed by atoms with E-state index in [9.17, 15) is 4.79 Å². The van der Waals surface area contributed by atoms with E-state index in [0.717, 1.165) is 12.2 Å². The highest BCUT2D eigenvalue weighted by Crippen LogP contribution is 2.36. The van der Waals surface area contributed by atoms with Gasteiger partial charge in [-0.05, 0) is 55.8 Å². The monoisotopic (exact) mass is 360 g/mol. The van der Waals surface area contributed by atoms with E-state index in [1.165, 1.54) is 0 Å². The predicted molar refractivity (Wildman–Crippen MR) is 100 cm³/mol. The summed E-state index contributed by atoms with van der Waals surface area (Å²) in [5, 5.41) is 3.48.